The summed E-state index contributed by atoms with van der Waals surface area (Å²) in [7, 11) is -4.23. The van der Waals surface area contributed by atoms with E-state index in [2.05, 4.69) is 10.0 Å². The van der Waals surface area contributed by atoms with E-state index in [0.717, 1.165) is 11.1 Å². The number of carbonyl (C=O) groups excluding carboxylic acids is 1. The van der Waals surface area contributed by atoms with Gasteiger partial charge >= 0.3 is 15.3 Å². The van der Waals surface area contributed by atoms with Crippen LogP contribution in [0.5, 0.6) is 0 Å². The van der Waals surface area contributed by atoms with Crippen molar-refractivity contribution in [3.05, 3.63) is 48.3 Å². The van der Waals surface area contributed by atoms with E-state index < -0.39 is 15.3 Å². The summed E-state index contributed by atoms with van der Waals surface area (Å²) >= 11 is 0. The average molecular weight is 349 g/mol. The second kappa shape index (κ2) is 6.88. The van der Waals surface area contributed by atoms with Crippen molar-refractivity contribution in [1.82, 2.24) is 5.32 Å². The van der Waals surface area contributed by atoms with Gasteiger partial charge < -0.3 is 5.32 Å². The molecule has 0 aliphatic carbocycles. The molecule has 0 saturated carbocycles. The Kier molecular flexibility index (Phi) is 5.08. The SMILES string of the molecule is Cc1cccc(-c2cc[n+](N)cc2NS(=O)(=O)C(=O)NC(C)C)c1. The van der Waals surface area contributed by atoms with Crippen LogP contribution in [-0.4, -0.2) is 19.7 Å². The minimum absolute atomic E-state index is 0.226. The summed E-state index contributed by atoms with van der Waals surface area (Å²) in [6.07, 6.45) is 3.02. The van der Waals surface area contributed by atoms with Crippen molar-refractivity contribution in [2.24, 2.45) is 0 Å². The Labute approximate surface area is 141 Å². The van der Waals surface area contributed by atoms with E-state index in [-0.39, 0.29) is 11.7 Å². The highest BCUT2D eigenvalue weighted by Gasteiger charge is 2.25. The number of pyridine rings is 1. The van der Waals surface area contributed by atoms with Crippen molar-refractivity contribution < 1.29 is 17.9 Å². The molecule has 0 aliphatic rings. The Hall–Kier alpha value is -2.61. The van der Waals surface area contributed by atoms with Crippen LogP contribution in [0.15, 0.2) is 42.7 Å². The van der Waals surface area contributed by atoms with Gasteiger partial charge in [0, 0.05) is 17.7 Å². The molecule has 2 aromatic rings. The molecule has 2 rings (SSSR count). The number of benzene rings is 1. The maximum absolute atomic E-state index is 12.2. The van der Waals surface area contributed by atoms with Gasteiger partial charge in [-0.3, -0.25) is 9.52 Å². The zero-order valence-electron chi connectivity index (χ0n) is 13.8. The van der Waals surface area contributed by atoms with Gasteiger partial charge in [0.15, 0.2) is 6.20 Å². The maximum Gasteiger partial charge on any atom is 0.357 e. The summed E-state index contributed by atoms with van der Waals surface area (Å²) < 4.78 is 28.0. The summed E-state index contributed by atoms with van der Waals surface area (Å²) in [6, 6.07) is 8.98. The topological polar surface area (TPSA) is 105 Å². The molecule has 1 aromatic heterocycles. The first-order chi connectivity index (χ1) is 11.2. The number of amides is 1. The molecule has 0 saturated heterocycles. The maximum atomic E-state index is 12.2. The van der Waals surface area contributed by atoms with Crippen LogP contribution >= 0.6 is 0 Å². The van der Waals surface area contributed by atoms with Gasteiger partial charge in [-0.25, -0.2) is 5.84 Å². The largest absolute Gasteiger partial charge is 0.357 e. The summed E-state index contributed by atoms with van der Waals surface area (Å²) in [5.41, 5.74) is 2.70. The number of aryl methyl sites for hydroxylation is 1. The predicted molar refractivity (Wildman–Crippen MR) is 93.2 cm³/mol. The lowest BCUT2D eigenvalue weighted by Gasteiger charge is -2.12. The number of nitrogens with zero attached hydrogens (tertiary/aromatic N) is 1. The minimum atomic E-state index is -4.23. The molecule has 1 amide bonds. The van der Waals surface area contributed by atoms with Crippen molar-refractivity contribution in [3.8, 4) is 11.1 Å². The number of nitrogen functional groups attached to an aromatic ring is 1. The van der Waals surface area contributed by atoms with E-state index >= 15 is 0 Å². The van der Waals surface area contributed by atoms with Gasteiger partial charge in [0.2, 0.25) is 6.20 Å². The zero-order chi connectivity index (χ0) is 17.9. The van der Waals surface area contributed by atoms with Crippen LogP contribution in [0.3, 0.4) is 0 Å². The second-order valence-electron chi connectivity index (χ2n) is 5.78. The molecular formula is C16H21N4O3S+. The lowest BCUT2D eigenvalue weighted by molar-refractivity contribution is -0.638. The molecule has 0 radical (unpaired) electrons. The lowest BCUT2D eigenvalue weighted by Crippen LogP contribution is -2.44. The van der Waals surface area contributed by atoms with E-state index in [1.54, 1.807) is 26.1 Å². The fourth-order valence-electron chi connectivity index (χ4n) is 2.16. The molecule has 1 heterocycles. The van der Waals surface area contributed by atoms with Crippen molar-refractivity contribution in [2.45, 2.75) is 26.8 Å². The third-order valence-corrected chi connectivity index (χ3v) is 4.30. The van der Waals surface area contributed by atoms with Crippen LogP contribution < -0.4 is 20.6 Å². The molecule has 0 unspecified atom stereocenters. The van der Waals surface area contributed by atoms with Crippen LogP contribution in [0, 0.1) is 6.92 Å². The van der Waals surface area contributed by atoms with Crippen molar-refractivity contribution in [1.29, 1.82) is 0 Å². The highest BCUT2D eigenvalue weighted by molar-refractivity contribution is 8.07. The normalized spacial score (nSPS) is 11.3. The Bertz CT molecular complexity index is 863. The lowest BCUT2D eigenvalue weighted by atomic mass is 10.0. The summed E-state index contributed by atoms with van der Waals surface area (Å²) in [6.45, 7) is 5.30. The van der Waals surface area contributed by atoms with Crippen molar-refractivity contribution >= 4 is 20.9 Å². The van der Waals surface area contributed by atoms with Gasteiger partial charge in [-0.15, -0.1) is 0 Å². The third-order valence-electron chi connectivity index (χ3n) is 3.21. The zero-order valence-corrected chi connectivity index (χ0v) is 14.6. The van der Waals surface area contributed by atoms with Gasteiger partial charge in [-0.1, -0.05) is 34.5 Å². The molecule has 7 nitrogen and oxygen atoms in total. The fourth-order valence-corrected chi connectivity index (χ4v) is 3.10. The number of rotatable bonds is 4. The minimum Gasteiger partial charge on any atom is -0.339 e. The number of aromatic nitrogens is 1. The number of nitrogens with one attached hydrogen (secondary N) is 2. The van der Waals surface area contributed by atoms with Gasteiger partial charge in [0.05, 0.1) is 0 Å². The molecule has 1 aromatic carbocycles. The van der Waals surface area contributed by atoms with Gasteiger partial charge in [-0.05, 0) is 26.3 Å². The number of anilines is 1. The van der Waals surface area contributed by atoms with Gasteiger partial charge in [-0.2, -0.15) is 8.42 Å². The van der Waals surface area contributed by atoms with Crippen molar-refractivity contribution in [2.75, 3.05) is 10.6 Å². The van der Waals surface area contributed by atoms with Crippen LogP contribution in [0.2, 0.25) is 0 Å². The third kappa shape index (κ3) is 4.23. The summed E-state index contributed by atoms with van der Waals surface area (Å²) in [5, 5.41) is 1.28. The van der Waals surface area contributed by atoms with E-state index in [1.165, 1.54) is 10.9 Å². The van der Waals surface area contributed by atoms with E-state index in [4.69, 9.17) is 5.84 Å². The van der Waals surface area contributed by atoms with Crippen molar-refractivity contribution in [3.63, 3.8) is 0 Å². The quantitative estimate of drug-likeness (QED) is 0.575. The van der Waals surface area contributed by atoms with Crippen LogP contribution in [0.25, 0.3) is 11.1 Å². The molecular weight excluding hydrogens is 328 g/mol. The number of sulfonamides is 1. The second-order valence-corrected chi connectivity index (χ2v) is 7.36. The molecule has 0 atom stereocenters. The number of nitrogens with two attached hydrogens (primary N) is 1. The van der Waals surface area contributed by atoms with Crippen LogP contribution in [0.4, 0.5) is 10.5 Å². The van der Waals surface area contributed by atoms with Gasteiger partial charge in [0.1, 0.15) is 5.69 Å². The molecule has 4 N–H and O–H groups in total. The molecule has 24 heavy (non-hydrogen) atoms. The Morgan fingerprint density at radius 2 is 1.96 bits per heavy atom. The Balaban J connectivity index is 2.43. The van der Waals surface area contributed by atoms with E-state index in [0.29, 0.717) is 5.56 Å². The predicted octanol–water partition coefficient (Wildman–Crippen LogP) is 1.52. The molecule has 8 heteroatoms. The number of carbonyl (C=O) groups is 1. The van der Waals surface area contributed by atoms with Crippen LogP contribution in [0.1, 0.15) is 19.4 Å². The first kappa shape index (κ1) is 17.7. The monoisotopic (exact) mass is 349 g/mol. The standard InChI is InChI=1S/C16H20N4O3S/c1-11(2)18-16(21)24(22,23)19-15-10-20(17)8-7-14(15)13-6-4-5-12(3)9-13/h4-11,19H,17H2,1-3H3/p+1. The first-order valence-corrected chi connectivity index (χ1v) is 8.88. The van der Waals surface area contributed by atoms with E-state index in [1.807, 2.05) is 31.2 Å². The summed E-state index contributed by atoms with van der Waals surface area (Å²) in [5.74, 6) is 5.69. The molecule has 0 fully saturated rings. The Morgan fingerprint density at radius 3 is 2.58 bits per heavy atom. The molecule has 0 bridgehead atoms. The summed E-state index contributed by atoms with van der Waals surface area (Å²) in [4.78, 5) is 11.9. The highest BCUT2D eigenvalue weighted by atomic mass is 32.2. The van der Waals surface area contributed by atoms with Gasteiger partial charge in [0.25, 0.3) is 0 Å². The van der Waals surface area contributed by atoms with E-state index in [9.17, 15) is 13.2 Å². The highest BCUT2D eigenvalue weighted by Crippen LogP contribution is 2.27. The number of hydrogen-bond acceptors (Lipinski definition) is 4. The molecule has 0 aliphatic heterocycles. The molecule has 0 spiro atoms. The molecule has 128 valence electrons. The Morgan fingerprint density at radius 1 is 1.25 bits per heavy atom. The van der Waals surface area contributed by atoms with Crippen LogP contribution in [-0.2, 0) is 10.0 Å². The first-order valence-electron chi connectivity index (χ1n) is 7.40. The smallest absolute Gasteiger partial charge is 0.339 e. The average Bonchev–Trinajstić information content (AvgIpc) is 2.46. The number of hydrogen-bond donors (Lipinski definition) is 3. The fraction of sp³-hybridized carbons (Fsp3) is 0.250.